The second-order valence-corrected chi connectivity index (χ2v) is 9.03. The highest BCUT2D eigenvalue weighted by Gasteiger charge is 2.29. The van der Waals surface area contributed by atoms with Gasteiger partial charge in [-0.15, -0.1) is 20.4 Å². The first-order valence-corrected chi connectivity index (χ1v) is 12.0. The van der Waals surface area contributed by atoms with E-state index in [1.54, 1.807) is 31.2 Å². The third-order valence-electron chi connectivity index (χ3n) is 4.38. The third-order valence-corrected chi connectivity index (χ3v) is 4.94. The van der Waals surface area contributed by atoms with Crippen molar-refractivity contribution in [2.75, 3.05) is 19.5 Å². The Morgan fingerprint density at radius 1 is 1.14 bits per heavy atom. The Balaban J connectivity index is 1.72. The summed E-state index contributed by atoms with van der Waals surface area (Å²) >= 11 is 0. The van der Waals surface area contributed by atoms with Crippen LogP contribution in [0.25, 0.3) is 11.4 Å². The van der Waals surface area contributed by atoms with Gasteiger partial charge in [0.1, 0.15) is 18.3 Å². The van der Waals surface area contributed by atoms with E-state index in [1.807, 2.05) is 0 Å². The van der Waals surface area contributed by atoms with Gasteiger partial charge >= 0.3 is 0 Å². The monoisotopic (exact) mass is 513 g/mol. The third kappa shape index (κ3) is 9.93. The van der Waals surface area contributed by atoms with Gasteiger partial charge in [0.2, 0.25) is 5.82 Å². The molecule has 2 rings (SSSR count). The Morgan fingerprint density at radius 3 is 2.37 bits per heavy atom. The summed E-state index contributed by atoms with van der Waals surface area (Å²) in [4.78, 5) is 16.7. The van der Waals surface area contributed by atoms with Crippen molar-refractivity contribution in [1.82, 2.24) is 25.7 Å². The number of aromatic nitrogens is 4. The van der Waals surface area contributed by atoms with E-state index < -0.39 is 53.6 Å². The van der Waals surface area contributed by atoms with Gasteiger partial charge in [-0.25, -0.2) is 0 Å². The van der Waals surface area contributed by atoms with Crippen LogP contribution in [0.5, 0.6) is 0 Å². The minimum absolute atomic E-state index is 0.218. The smallest absolute Gasteiger partial charge is 0.264 e. The van der Waals surface area contributed by atoms with E-state index in [-0.39, 0.29) is 6.54 Å². The highest BCUT2D eigenvalue weighted by molar-refractivity contribution is 7.85. The zero-order chi connectivity index (χ0) is 26.0. The van der Waals surface area contributed by atoms with Crippen molar-refractivity contribution in [2.45, 2.75) is 37.8 Å². The van der Waals surface area contributed by atoms with E-state index in [2.05, 4.69) is 35.1 Å². The molecule has 1 heterocycles. The highest BCUT2D eigenvalue weighted by atomic mass is 32.2. The maximum atomic E-state index is 11.9. The first-order valence-electron chi connectivity index (χ1n) is 10.2. The number of aliphatic hydroxyl groups excluding tert-OH is 3. The number of oxime groups is 1. The van der Waals surface area contributed by atoms with Gasteiger partial charge in [-0.05, 0) is 12.5 Å². The summed E-state index contributed by atoms with van der Waals surface area (Å²) in [6.07, 6.45) is -3.58. The molecule has 0 unspecified atom stereocenters. The SMILES string of the molecule is Cc1nnc(-c2ccc(CNC(=O)CO/N=C/[C@H](N)[C@@H](O)[C@H](O)[C@H](O)COS(C)(=O)=O)cc2)nn1. The predicted octanol–water partition coefficient (Wildman–Crippen LogP) is -2.75. The molecule has 192 valence electrons. The molecule has 1 aromatic carbocycles. The standard InChI is InChI=1S/C19H27N7O8S/c1-11-23-25-19(26-24-11)13-5-3-12(4-6-13)7-21-16(28)10-33-22-8-14(20)17(29)18(30)15(27)9-34-35(2,31)32/h3-6,8,14-15,17-18,27,29-30H,7,9-10,20H2,1-2H3,(H,21,28)/b22-8+/t14-,15+,17+,18+/m0/s1. The van der Waals surface area contributed by atoms with Crippen LogP contribution in [-0.2, 0) is 30.5 Å². The number of rotatable bonds is 13. The van der Waals surface area contributed by atoms with Crippen LogP contribution >= 0.6 is 0 Å². The number of nitrogens with two attached hydrogens (primary N) is 1. The minimum atomic E-state index is -3.84. The normalized spacial score (nSPS) is 15.4. The maximum absolute atomic E-state index is 11.9. The summed E-state index contributed by atoms with van der Waals surface area (Å²) in [6.45, 7) is 0.685. The van der Waals surface area contributed by atoms with Crippen molar-refractivity contribution in [3.8, 4) is 11.4 Å². The second kappa shape index (κ2) is 13.1. The predicted molar refractivity (Wildman–Crippen MR) is 121 cm³/mol. The fourth-order valence-electron chi connectivity index (χ4n) is 2.46. The maximum Gasteiger partial charge on any atom is 0.264 e. The molecule has 0 bridgehead atoms. The van der Waals surface area contributed by atoms with Gasteiger partial charge in [0.25, 0.3) is 16.0 Å². The number of hydrogen-bond donors (Lipinski definition) is 5. The van der Waals surface area contributed by atoms with Gasteiger partial charge in [0.05, 0.1) is 25.1 Å². The van der Waals surface area contributed by atoms with Gasteiger partial charge in [-0.3, -0.25) is 8.98 Å². The number of carbonyl (C=O) groups is 1. The summed E-state index contributed by atoms with van der Waals surface area (Å²) in [5, 5.41) is 51.1. The fraction of sp³-hybridized carbons (Fsp3) is 0.474. The van der Waals surface area contributed by atoms with Crippen LogP contribution in [0.15, 0.2) is 29.4 Å². The van der Waals surface area contributed by atoms with Crippen molar-refractivity contribution in [1.29, 1.82) is 0 Å². The largest absolute Gasteiger partial charge is 0.388 e. The lowest BCUT2D eigenvalue weighted by atomic mass is 10.0. The highest BCUT2D eigenvalue weighted by Crippen LogP contribution is 2.14. The van der Waals surface area contributed by atoms with Crippen molar-refractivity contribution < 1.29 is 37.6 Å². The second-order valence-electron chi connectivity index (χ2n) is 7.39. The number of benzene rings is 1. The van der Waals surface area contributed by atoms with Crippen LogP contribution in [0.1, 0.15) is 11.4 Å². The van der Waals surface area contributed by atoms with Gasteiger partial charge in [0.15, 0.2) is 12.4 Å². The molecular weight excluding hydrogens is 486 g/mol. The van der Waals surface area contributed by atoms with Crippen LogP contribution in [0, 0.1) is 6.92 Å². The molecule has 0 radical (unpaired) electrons. The fourth-order valence-corrected chi connectivity index (χ4v) is 2.85. The quantitative estimate of drug-likeness (QED) is 0.104. The molecule has 6 N–H and O–H groups in total. The van der Waals surface area contributed by atoms with Crippen molar-refractivity contribution >= 4 is 22.2 Å². The van der Waals surface area contributed by atoms with Crippen LogP contribution in [0.3, 0.4) is 0 Å². The minimum Gasteiger partial charge on any atom is -0.388 e. The number of aliphatic hydroxyl groups is 3. The molecule has 0 aliphatic carbocycles. The molecule has 0 spiro atoms. The van der Waals surface area contributed by atoms with E-state index >= 15 is 0 Å². The molecule has 4 atom stereocenters. The molecule has 0 saturated heterocycles. The molecule has 0 fully saturated rings. The van der Waals surface area contributed by atoms with Gasteiger partial charge < -0.3 is 31.2 Å². The average Bonchev–Trinajstić information content (AvgIpc) is 2.83. The molecule has 1 aromatic heterocycles. The van der Waals surface area contributed by atoms with E-state index in [0.29, 0.717) is 11.6 Å². The summed E-state index contributed by atoms with van der Waals surface area (Å²) in [5.74, 6) is 0.361. The molecule has 1 amide bonds. The summed E-state index contributed by atoms with van der Waals surface area (Å²) in [6, 6.07) is 5.80. The Kier molecular flexibility index (Phi) is 10.5. The summed E-state index contributed by atoms with van der Waals surface area (Å²) < 4.78 is 26.2. The van der Waals surface area contributed by atoms with E-state index in [0.717, 1.165) is 23.6 Å². The molecule has 0 aliphatic heterocycles. The van der Waals surface area contributed by atoms with Crippen LogP contribution in [-0.4, -0.2) is 100 Å². The van der Waals surface area contributed by atoms with Crippen molar-refractivity contribution in [3.05, 3.63) is 35.7 Å². The lowest BCUT2D eigenvalue weighted by molar-refractivity contribution is -0.125. The van der Waals surface area contributed by atoms with Crippen LogP contribution in [0.2, 0.25) is 0 Å². The molecular formula is C19H27N7O8S. The van der Waals surface area contributed by atoms with Gasteiger partial charge in [0, 0.05) is 12.1 Å². The number of nitrogens with one attached hydrogen (secondary N) is 1. The molecule has 16 heteroatoms. The number of hydrogen-bond acceptors (Lipinski definition) is 14. The Hall–Kier alpha value is -3.15. The van der Waals surface area contributed by atoms with E-state index in [4.69, 9.17) is 10.6 Å². The molecule has 2 aromatic rings. The van der Waals surface area contributed by atoms with Gasteiger partial charge in [-0.2, -0.15) is 8.42 Å². The van der Waals surface area contributed by atoms with E-state index in [9.17, 15) is 28.5 Å². The lowest BCUT2D eigenvalue weighted by Crippen LogP contribution is -2.50. The Labute approximate surface area is 201 Å². The Bertz CT molecular complexity index is 1080. The molecule has 0 saturated carbocycles. The molecule has 35 heavy (non-hydrogen) atoms. The first kappa shape index (κ1) is 28.1. The topological polar surface area (TPSA) is 232 Å². The average molecular weight is 514 g/mol. The molecule has 0 aliphatic rings. The number of amides is 1. The number of carbonyl (C=O) groups excluding carboxylic acids is 1. The lowest BCUT2D eigenvalue weighted by Gasteiger charge is -2.24. The summed E-state index contributed by atoms with van der Waals surface area (Å²) in [5.41, 5.74) is 7.15. The summed E-state index contributed by atoms with van der Waals surface area (Å²) in [7, 11) is -3.84. The Morgan fingerprint density at radius 2 is 1.77 bits per heavy atom. The van der Waals surface area contributed by atoms with Crippen molar-refractivity contribution in [2.24, 2.45) is 10.9 Å². The van der Waals surface area contributed by atoms with E-state index in [1.165, 1.54) is 0 Å². The number of nitrogens with zero attached hydrogens (tertiary/aromatic N) is 5. The van der Waals surface area contributed by atoms with Gasteiger partial charge in [-0.1, -0.05) is 29.4 Å². The zero-order valence-corrected chi connectivity index (χ0v) is 19.7. The zero-order valence-electron chi connectivity index (χ0n) is 18.9. The molecule has 15 nitrogen and oxygen atoms in total. The van der Waals surface area contributed by atoms with Crippen LogP contribution < -0.4 is 11.1 Å². The van der Waals surface area contributed by atoms with Crippen LogP contribution in [0.4, 0.5) is 0 Å². The number of aryl methyl sites for hydroxylation is 1. The first-order chi connectivity index (χ1) is 16.5. The van der Waals surface area contributed by atoms with Crippen molar-refractivity contribution in [3.63, 3.8) is 0 Å².